The van der Waals surface area contributed by atoms with Crippen LogP contribution in [0.2, 0.25) is 0 Å². The Morgan fingerprint density at radius 2 is 1.89 bits per heavy atom. The third-order valence-corrected chi connectivity index (χ3v) is 2.38. The lowest BCUT2D eigenvalue weighted by atomic mass is 10.2. The van der Waals surface area contributed by atoms with E-state index in [0.29, 0.717) is 0 Å². The van der Waals surface area contributed by atoms with Crippen LogP contribution in [0, 0.1) is 39.9 Å². The van der Waals surface area contributed by atoms with Gasteiger partial charge in [0, 0.05) is 13.1 Å². The highest BCUT2D eigenvalue weighted by atomic mass is 15.1. The predicted molar refractivity (Wildman–Crippen MR) is 69.7 cm³/mol. The van der Waals surface area contributed by atoms with E-state index >= 15 is 0 Å². The van der Waals surface area contributed by atoms with Gasteiger partial charge in [-0.2, -0.15) is 15.8 Å². The minimum Gasteiger partial charge on any atom is -0.374 e. The van der Waals surface area contributed by atoms with E-state index in [0.717, 1.165) is 6.54 Å². The zero-order valence-electron chi connectivity index (χ0n) is 10.9. The van der Waals surface area contributed by atoms with Crippen molar-refractivity contribution in [1.82, 2.24) is 4.90 Å². The first kappa shape index (κ1) is 15.8. The minimum absolute atomic E-state index is 1.10. The van der Waals surface area contributed by atoms with Gasteiger partial charge in [-0.15, -0.1) is 0 Å². The van der Waals surface area contributed by atoms with Gasteiger partial charge in [0.25, 0.3) is 0 Å². The molecule has 0 aromatic heterocycles. The Labute approximate surface area is 109 Å². The molecule has 0 unspecified atom stereocenters. The van der Waals surface area contributed by atoms with Crippen LogP contribution in [0.1, 0.15) is 26.7 Å². The summed E-state index contributed by atoms with van der Waals surface area (Å²) in [4.78, 5) is 2.36. The smallest absolute Gasteiger partial charge is 0.218 e. The summed E-state index contributed by atoms with van der Waals surface area (Å²) in [6.45, 7) is 6.68. The van der Waals surface area contributed by atoms with Crippen molar-refractivity contribution in [1.29, 1.82) is 15.8 Å². The summed E-state index contributed by atoms with van der Waals surface area (Å²) >= 11 is 0. The van der Waals surface area contributed by atoms with Crippen molar-refractivity contribution in [2.75, 3.05) is 13.1 Å². The Balaban J connectivity index is 0.000000360. The van der Waals surface area contributed by atoms with Crippen molar-refractivity contribution in [3.8, 4) is 18.2 Å². The molecule has 18 heavy (non-hydrogen) atoms. The number of nitriles is 3. The third-order valence-electron chi connectivity index (χ3n) is 2.38. The Hall–Kier alpha value is -2.25. The van der Waals surface area contributed by atoms with E-state index in [1.165, 1.54) is 43.2 Å². The van der Waals surface area contributed by atoms with E-state index in [9.17, 15) is 0 Å². The van der Waals surface area contributed by atoms with E-state index in [1.807, 2.05) is 0 Å². The molecule has 0 N–H and O–H groups in total. The molecule has 0 bridgehead atoms. The summed E-state index contributed by atoms with van der Waals surface area (Å²) in [6.07, 6.45) is 9.24. The Morgan fingerprint density at radius 3 is 2.22 bits per heavy atom. The Kier molecular flexibility index (Phi) is 8.70. The molecule has 0 saturated heterocycles. The molecular formula is C14H18N4. The van der Waals surface area contributed by atoms with Crippen molar-refractivity contribution < 1.29 is 0 Å². The molecule has 0 spiro atoms. The summed E-state index contributed by atoms with van der Waals surface area (Å²) in [5.74, 6) is -1.10. The van der Waals surface area contributed by atoms with Gasteiger partial charge in [0.2, 0.25) is 5.92 Å². The molecule has 4 heteroatoms. The summed E-state index contributed by atoms with van der Waals surface area (Å²) in [7, 11) is 0. The van der Waals surface area contributed by atoms with Crippen molar-refractivity contribution in [2.24, 2.45) is 5.92 Å². The van der Waals surface area contributed by atoms with E-state index in [4.69, 9.17) is 15.8 Å². The maximum atomic E-state index is 7.83. The third kappa shape index (κ3) is 7.09. The van der Waals surface area contributed by atoms with Crippen molar-refractivity contribution in [2.45, 2.75) is 26.7 Å². The van der Waals surface area contributed by atoms with Crippen LogP contribution in [0.25, 0.3) is 0 Å². The van der Waals surface area contributed by atoms with Crippen LogP contribution in [-0.2, 0) is 0 Å². The zero-order chi connectivity index (χ0) is 13.8. The number of unbranched alkanes of at least 4 members (excludes halogenated alkanes) is 1. The molecule has 0 fully saturated rings. The first-order chi connectivity index (χ1) is 8.67. The van der Waals surface area contributed by atoms with Gasteiger partial charge in [-0.05, 0) is 25.6 Å². The van der Waals surface area contributed by atoms with Gasteiger partial charge in [0.15, 0.2) is 0 Å². The second-order valence-electron chi connectivity index (χ2n) is 3.93. The quantitative estimate of drug-likeness (QED) is 0.762. The second kappa shape index (κ2) is 9.94. The van der Waals surface area contributed by atoms with Gasteiger partial charge in [-0.1, -0.05) is 25.0 Å². The Morgan fingerprint density at radius 1 is 1.28 bits per heavy atom. The van der Waals surface area contributed by atoms with E-state index in [2.05, 4.69) is 37.1 Å². The summed E-state index contributed by atoms with van der Waals surface area (Å²) in [5.41, 5.74) is 1.39. The molecule has 0 amide bonds. The second-order valence-corrected chi connectivity index (χ2v) is 3.93. The maximum absolute atomic E-state index is 7.83. The lowest BCUT2D eigenvalue weighted by molar-refractivity contribution is 0.399. The van der Waals surface area contributed by atoms with E-state index in [1.54, 1.807) is 0 Å². The molecule has 1 aliphatic rings. The minimum atomic E-state index is -1.10. The zero-order valence-corrected chi connectivity index (χ0v) is 10.9. The number of allylic oxidation sites excluding steroid dienone is 2. The standard InChI is InChI=1S/C10H17N.C4HN3/c1-3-4-7-11-8-5-10(2)6-9-11;5-1-4(2-6)3-7/h5-6,8H,3-4,7,9H2,1-2H3;4H. The molecule has 0 aromatic carbocycles. The number of rotatable bonds is 3. The first-order valence-electron chi connectivity index (χ1n) is 5.95. The number of hydrogen-bond donors (Lipinski definition) is 0. The van der Waals surface area contributed by atoms with Gasteiger partial charge in [-0.25, -0.2) is 0 Å². The average molecular weight is 242 g/mol. The molecule has 94 valence electrons. The van der Waals surface area contributed by atoms with E-state index < -0.39 is 5.92 Å². The first-order valence-corrected chi connectivity index (χ1v) is 5.95. The van der Waals surface area contributed by atoms with Gasteiger partial charge >= 0.3 is 0 Å². The number of hydrogen-bond acceptors (Lipinski definition) is 4. The molecule has 0 saturated carbocycles. The molecule has 1 heterocycles. The number of nitrogens with zero attached hydrogens (tertiary/aromatic N) is 4. The normalized spacial score (nSPS) is 12.7. The molecule has 0 aliphatic carbocycles. The monoisotopic (exact) mass is 242 g/mol. The molecule has 0 atom stereocenters. The van der Waals surface area contributed by atoms with Crippen molar-refractivity contribution in [3.05, 3.63) is 23.9 Å². The molecule has 4 nitrogen and oxygen atoms in total. The van der Waals surface area contributed by atoms with Gasteiger partial charge < -0.3 is 4.90 Å². The highest BCUT2D eigenvalue weighted by Gasteiger charge is 1.99. The fraction of sp³-hybridized carbons (Fsp3) is 0.500. The van der Waals surface area contributed by atoms with Crippen molar-refractivity contribution in [3.63, 3.8) is 0 Å². The van der Waals surface area contributed by atoms with Crippen LogP contribution in [-0.4, -0.2) is 18.0 Å². The van der Waals surface area contributed by atoms with Crippen LogP contribution in [0.5, 0.6) is 0 Å². The van der Waals surface area contributed by atoms with E-state index in [-0.39, 0.29) is 0 Å². The van der Waals surface area contributed by atoms with Crippen molar-refractivity contribution >= 4 is 0 Å². The molecule has 1 aliphatic heterocycles. The topological polar surface area (TPSA) is 74.6 Å². The highest BCUT2D eigenvalue weighted by molar-refractivity contribution is 5.19. The summed E-state index contributed by atoms with van der Waals surface area (Å²) < 4.78 is 0. The largest absolute Gasteiger partial charge is 0.374 e. The SMILES string of the molecule is CCCCN1C=CC(C)=CC1.N#CC(C#N)C#N. The predicted octanol–water partition coefficient (Wildman–Crippen LogP) is 2.74. The lowest BCUT2D eigenvalue weighted by Crippen LogP contribution is -2.20. The molecule has 0 radical (unpaired) electrons. The lowest BCUT2D eigenvalue weighted by Gasteiger charge is -2.21. The fourth-order valence-corrected chi connectivity index (χ4v) is 1.23. The van der Waals surface area contributed by atoms with Crippen LogP contribution in [0.3, 0.4) is 0 Å². The molecule has 0 aromatic rings. The molecular weight excluding hydrogens is 224 g/mol. The fourth-order valence-electron chi connectivity index (χ4n) is 1.23. The van der Waals surface area contributed by atoms with Gasteiger partial charge in [0.1, 0.15) is 0 Å². The van der Waals surface area contributed by atoms with Crippen LogP contribution >= 0.6 is 0 Å². The van der Waals surface area contributed by atoms with Gasteiger partial charge in [0.05, 0.1) is 18.2 Å². The molecule has 1 rings (SSSR count). The highest BCUT2D eigenvalue weighted by Crippen LogP contribution is 2.06. The Bertz CT molecular complexity index is 381. The summed E-state index contributed by atoms with van der Waals surface area (Å²) in [6, 6.07) is 4.44. The van der Waals surface area contributed by atoms with Gasteiger partial charge in [-0.3, -0.25) is 0 Å². The van der Waals surface area contributed by atoms with Crippen LogP contribution in [0.4, 0.5) is 0 Å². The van der Waals surface area contributed by atoms with Crippen LogP contribution in [0.15, 0.2) is 23.9 Å². The van der Waals surface area contributed by atoms with Crippen LogP contribution < -0.4 is 0 Å². The maximum Gasteiger partial charge on any atom is 0.218 e. The average Bonchev–Trinajstić information content (AvgIpc) is 2.41. The summed E-state index contributed by atoms with van der Waals surface area (Å²) in [5, 5.41) is 23.5.